The summed E-state index contributed by atoms with van der Waals surface area (Å²) in [5.74, 6) is -5.67. The van der Waals surface area contributed by atoms with Gasteiger partial charge in [-0.1, -0.05) is 11.6 Å². The number of hydrogen-bond donors (Lipinski definition) is 1. The maximum atomic E-state index is 12.8. The Morgan fingerprint density at radius 2 is 1.43 bits per heavy atom. The molecule has 1 aromatic carbocycles. The van der Waals surface area contributed by atoms with Crippen LogP contribution in [0.2, 0.25) is 0 Å². The summed E-state index contributed by atoms with van der Waals surface area (Å²) in [5, 5.41) is 1.15. The molecule has 2 nitrogen and oxygen atoms in total. The lowest BCUT2D eigenvalue weighted by molar-refractivity contribution is -0.258. The third-order valence-electron chi connectivity index (χ3n) is 2.27. The van der Waals surface area contributed by atoms with Crippen LogP contribution in [0.4, 0.5) is 40.8 Å². The molecular weight excluding hydrogens is 338 g/mol. The summed E-state index contributed by atoms with van der Waals surface area (Å²) in [6.45, 7) is 0. The summed E-state index contributed by atoms with van der Waals surface area (Å²) in [7, 11) is 0. The molecule has 118 valence electrons. The molecule has 0 atom stereocenters. The fourth-order valence-corrected chi connectivity index (χ4v) is 1.26. The number of anilines is 1. The van der Waals surface area contributed by atoms with E-state index in [4.69, 9.17) is 0 Å². The normalized spacial score (nSPS) is 13.2. The summed E-state index contributed by atoms with van der Waals surface area (Å²) < 4.78 is 100. The molecule has 0 aromatic heterocycles. The third kappa shape index (κ3) is 3.20. The first-order chi connectivity index (χ1) is 9.30. The second-order valence-electron chi connectivity index (χ2n) is 3.74. The molecule has 0 unspecified atom stereocenters. The number of carbonyl (C=O) groups excluding carboxylic acids is 1. The molecule has 21 heavy (non-hydrogen) atoms. The van der Waals surface area contributed by atoms with E-state index in [-0.39, 0.29) is 6.07 Å². The van der Waals surface area contributed by atoms with Crippen molar-refractivity contribution in [2.75, 3.05) is 5.32 Å². The highest BCUT2D eigenvalue weighted by molar-refractivity contribution is 6.38. The second kappa shape index (κ2) is 5.32. The fraction of sp³-hybridized carbons (Fsp3) is 0.300. The van der Waals surface area contributed by atoms with Crippen LogP contribution in [0.3, 0.4) is 0 Å². The zero-order chi connectivity index (χ0) is 16.6. The van der Waals surface area contributed by atoms with Crippen LogP contribution in [0.25, 0.3) is 0 Å². The lowest BCUT2D eigenvalue weighted by Crippen LogP contribution is -2.60. The number of alkyl halides is 7. The van der Waals surface area contributed by atoms with E-state index in [0.717, 1.165) is 5.32 Å². The third-order valence-corrected chi connectivity index (χ3v) is 2.87. The molecule has 1 amide bonds. The molecule has 0 aliphatic rings. The predicted octanol–water partition coefficient (Wildman–Crippen LogP) is 4.01. The average molecular weight is 342 g/mol. The molecule has 0 radical (unpaired) electrons. The van der Waals surface area contributed by atoms with Gasteiger partial charge in [0.25, 0.3) is 5.91 Å². The van der Waals surface area contributed by atoms with Gasteiger partial charge in [-0.2, -0.15) is 26.3 Å². The predicted molar refractivity (Wildman–Crippen MR) is 55.7 cm³/mol. The van der Waals surface area contributed by atoms with Crippen molar-refractivity contribution in [1.29, 1.82) is 0 Å². The van der Waals surface area contributed by atoms with Gasteiger partial charge in [-0.25, -0.2) is 8.78 Å². The maximum Gasteiger partial charge on any atom is 0.425 e. The van der Waals surface area contributed by atoms with Crippen LogP contribution in [0.5, 0.6) is 0 Å². The van der Waals surface area contributed by atoms with Crippen LogP contribution in [0, 0.1) is 11.6 Å². The Labute approximate surface area is 116 Å². The van der Waals surface area contributed by atoms with Gasteiger partial charge in [-0.15, -0.1) is 0 Å². The molecular formula is C10H4ClF8NO. The van der Waals surface area contributed by atoms with Crippen LogP contribution in [-0.4, -0.2) is 23.1 Å². The van der Waals surface area contributed by atoms with E-state index in [1.807, 2.05) is 0 Å². The molecule has 0 saturated carbocycles. The molecule has 1 N–H and O–H groups in total. The Kier molecular flexibility index (Phi) is 4.42. The van der Waals surface area contributed by atoms with E-state index in [2.05, 4.69) is 11.6 Å². The Morgan fingerprint density at radius 3 is 1.81 bits per heavy atom. The highest BCUT2D eigenvalue weighted by atomic mass is 35.5. The molecule has 0 aliphatic heterocycles. The van der Waals surface area contributed by atoms with E-state index in [1.165, 1.54) is 0 Å². The van der Waals surface area contributed by atoms with Crippen molar-refractivity contribution in [2.24, 2.45) is 0 Å². The molecule has 11 heteroatoms. The second-order valence-corrected chi connectivity index (χ2v) is 4.30. The van der Waals surface area contributed by atoms with Gasteiger partial charge >= 0.3 is 17.2 Å². The summed E-state index contributed by atoms with van der Waals surface area (Å²) in [4.78, 5) is 6.01. The minimum absolute atomic E-state index is 0.206. The molecule has 0 bridgehead atoms. The number of amides is 1. The zero-order valence-corrected chi connectivity index (χ0v) is 10.3. The van der Waals surface area contributed by atoms with Crippen molar-refractivity contribution in [3.05, 3.63) is 29.8 Å². The molecule has 0 fully saturated rings. The summed E-state index contributed by atoms with van der Waals surface area (Å²) in [5.41, 5.74) is -0.822. The van der Waals surface area contributed by atoms with Crippen LogP contribution in [-0.2, 0) is 4.79 Å². The number of benzene rings is 1. The number of carbonyl (C=O) groups is 1. The minimum Gasteiger partial charge on any atom is -0.324 e. The van der Waals surface area contributed by atoms with Crippen molar-refractivity contribution in [2.45, 2.75) is 17.2 Å². The Hall–Kier alpha value is -1.58. The van der Waals surface area contributed by atoms with Gasteiger partial charge in [0.05, 0.1) is 0 Å². The van der Waals surface area contributed by atoms with Crippen LogP contribution < -0.4 is 5.32 Å². The lowest BCUT2D eigenvalue weighted by atomic mass is 10.1. The number of rotatable bonds is 2. The van der Waals surface area contributed by atoms with E-state index in [0.29, 0.717) is 12.1 Å². The topological polar surface area (TPSA) is 29.1 Å². The van der Waals surface area contributed by atoms with Gasteiger partial charge in [-0.05, 0) is 12.1 Å². The van der Waals surface area contributed by atoms with Crippen molar-refractivity contribution >= 4 is 23.2 Å². The van der Waals surface area contributed by atoms with Gasteiger partial charge < -0.3 is 5.32 Å². The van der Waals surface area contributed by atoms with Gasteiger partial charge in [0.15, 0.2) is 11.6 Å². The zero-order valence-electron chi connectivity index (χ0n) is 9.54. The lowest BCUT2D eigenvalue weighted by Gasteiger charge is -2.30. The largest absolute Gasteiger partial charge is 0.425 e. The quantitative estimate of drug-likeness (QED) is 0.639. The number of nitrogens with one attached hydrogen (secondary N) is 1. The van der Waals surface area contributed by atoms with Gasteiger partial charge in [0.1, 0.15) is 0 Å². The molecule has 0 spiro atoms. The SMILES string of the molecule is O=C(Nc1ccc(F)c(F)c1)C(Cl)(C(F)(F)F)C(F)(F)F. The minimum atomic E-state index is -6.16. The summed E-state index contributed by atoms with van der Waals surface area (Å²) in [6.07, 6.45) is -12.3. The van der Waals surface area contributed by atoms with Crippen LogP contribution >= 0.6 is 11.6 Å². The summed E-state index contributed by atoms with van der Waals surface area (Å²) in [6, 6.07) is 1.18. The number of halogens is 9. The van der Waals surface area contributed by atoms with Gasteiger partial charge in [0.2, 0.25) is 0 Å². The maximum absolute atomic E-state index is 12.8. The first-order valence-corrected chi connectivity index (χ1v) is 5.27. The molecule has 0 aliphatic carbocycles. The van der Waals surface area contributed by atoms with Crippen molar-refractivity contribution in [1.82, 2.24) is 0 Å². The summed E-state index contributed by atoms with van der Waals surface area (Å²) >= 11 is 4.43. The highest BCUT2D eigenvalue weighted by Gasteiger charge is 2.75. The smallest absolute Gasteiger partial charge is 0.324 e. The molecule has 1 aromatic rings. The molecule has 0 saturated heterocycles. The highest BCUT2D eigenvalue weighted by Crippen LogP contribution is 2.48. The van der Waals surface area contributed by atoms with Crippen molar-refractivity contribution in [3.8, 4) is 0 Å². The van der Waals surface area contributed by atoms with Gasteiger partial charge in [0, 0.05) is 11.8 Å². The first kappa shape index (κ1) is 17.5. The van der Waals surface area contributed by atoms with E-state index in [1.54, 1.807) is 0 Å². The van der Waals surface area contributed by atoms with Crippen LogP contribution in [0.1, 0.15) is 0 Å². The van der Waals surface area contributed by atoms with E-state index >= 15 is 0 Å². The Morgan fingerprint density at radius 1 is 0.952 bits per heavy atom. The van der Waals surface area contributed by atoms with Gasteiger partial charge in [-0.3, -0.25) is 4.79 Å². The van der Waals surface area contributed by atoms with Crippen molar-refractivity contribution < 1.29 is 39.9 Å². The fourth-order valence-electron chi connectivity index (χ4n) is 1.21. The molecule has 0 heterocycles. The first-order valence-electron chi connectivity index (χ1n) is 4.89. The van der Waals surface area contributed by atoms with E-state index in [9.17, 15) is 39.9 Å². The van der Waals surface area contributed by atoms with Crippen molar-refractivity contribution in [3.63, 3.8) is 0 Å². The standard InChI is InChI=1S/C10H4ClF8NO/c11-8(9(14,15)16,10(17,18)19)7(21)20-4-1-2-5(12)6(13)3-4/h1-3H,(H,20,21). The van der Waals surface area contributed by atoms with Crippen LogP contribution in [0.15, 0.2) is 18.2 Å². The monoisotopic (exact) mass is 341 g/mol. The molecule has 1 rings (SSSR count). The van der Waals surface area contributed by atoms with E-state index < -0.39 is 40.5 Å². The Bertz CT molecular complexity index is 539. The average Bonchev–Trinajstić information content (AvgIpc) is 2.29. The number of hydrogen-bond acceptors (Lipinski definition) is 1. The Balaban J connectivity index is 3.17.